The van der Waals surface area contributed by atoms with Crippen molar-refractivity contribution >= 4 is 52.8 Å². The third-order valence-electron chi connectivity index (χ3n) is 0. The molecule has 0 aromatic carbocycles. The Morgan fingerprint density at radius 1 is 0.667 bits per heavy atom. The van der Waals surface area contributed by atoms with E-state index in [0.717, 1.165) is 0 Å². The van der Waals surface area contributed by atoms with Gasteiger partial charge >= 0.3 is 56.4 Å². The van der Waals surface area contributed by atoms with Crippen LogP contribution in [0.2, 0.25) is 0 Å². The van der Waals surface area contributed by atoms with Gasteiger partial charge in [0.25, 0.3) is 0 Å². The molecule has 0 bridgehead atoms. The van der Waals surface area contributed by atoms with Crippen molar-refractivity contribution in [2.45, 2.75) is 0 Å². The van der Waals surface area contributed by atoms with Crippen molar-refractivity contribution in [1.29, 1.82) is 0 Å². The quantitative estimate of drug-likeness (QED) is 0.568. The van der Waals surface area contributed by atoms with E-state index in [4.69, 9.17) is 0 Å². The first kappa shape index (κ1) is 7.62. The molecule has 0 aliphatic rings. The van der Waals surface area contributed by atoms with Crippen LogP contribution < -0.4 is 0 Å². The van der Waals surface area contributed by atoms with E-state index in [2.05, 4.69) is 52.8 Å². The second-order valence-corrected chi connectivity index (χ2v) is 21.9. The Hall–Kier alpha value is 1.62. The van der Waals surface area contributed by atoms with Gasteiger partial charge in [0.2, 0.25) is 0 Å². The molecule has 6 heteroatoms. The summed E-state index contributed by atoms with van der Waals surface area (Å²) in [6.45, 7) is 0. The Morgan fingerprint density at radius 3 is 0.667 bits per heavy atom. The molecule has 0 spiro atoms. The molecular formula is FeS5. The fourth-order valence-electron chi connectivity index (χ4n) is 0. The molecule has 0 unspecified atom stereocenters. The molecule has 6 heavy (non-hydrogen) atoms. The third kappa shape index (κ3) is 45.7. The summed E-state index contributed by atoms with van der Waals surface area (Å²) in [6, 6.07) is 0. The van der Waals surface area contributed by atoms with Crippen molar-refractivity contribution in [3.63, 3.8) is 0 Å². The maximum atomic E-state index is 4.43. The maximum absolute atomic E-state index is 4.43. The average molecular weight is 216 g/mol. The van der Waals surface area contributed by atoms with Gasteiger partial charge in [-0.3, -0.25) is 0 Å². The second kappa shape index (κ2) is 1.55. The fraction of sp³-hybridized carbons (Fsp3) is 0. The van der Waals surface area contributed by atoms with Crippen LogP contribution in [0.15, 0.2) is 0 Å². The normalized spacial score (nSPS) is 14.2. The van der Waals surface area contributed by atoms with Crippen LogP contribution in [0.1, 0.15) is 0 Å². The summed E-state index contributed by atoms with van der Waals surface area (Å²) in [5.74, 6) is 0. The number of hydrogen-bond donors (Lipinski definition) is 0. The first-order chi connectivity index (χ1) is 2.24. The van der Waals surface area contributed by atoms with E-state index < -0.39 is 3.64 Å². The van der Waals surface area contributed by atoms with Crippen molar-refractivity contribution in [3.8, 4) is 0 Å². The second-order valence-electron chi connectivity index (χ2n) is 0.589. The fourth-order valence-corrected chi connectivity index (χ4v) is 0. The van der Waals surface area contributed by atoms with Crippen LogP contribution in [-0.4, -0.2) is 0 Å². The average Bonchev–Trinajstić information content (AvgIpc) is 0.650. The van der Waals surface area contributed by atoms with E-state index in [1.165, 1.54) is 0 Å². The van der Waals surface area contributed by atoms with E-state index >= 15 is 0 Å². The van der Waals surface area contributed by atoms with Gasteiger partial charge in [-0.25, -0.2) is 0 Å². The third-order valence-corrected chi connectivity index (χ3v) is 0. The predicted octanol–water partition coefficient (Wildman–Crippen LogP) is 3.24. The summed E-state index contributed by atoms with van der Waals surface area (Å²) in [7, 11) is 22.2. The minimum atomic E-state index is -3.23. The van der Waals surface area contributed by atoms with Gasteiger partial charge in [-0.2, -0.15) is 0 Å². The van der Waals surface area contributed by atoms with Gasteiger partial charge in [0, 0.05) is 0 Å². The van der Waals surface area contributed by atoms with E-state index in [-0.39, 0.29) is 0 Å². The monoisotopic (exact) mass is 216 g/mol. The summed E-state index contributed by atoms with van der Waals surface area (Å²) < 4.78 is -3.23. The van der Waals surface area contributed by atoms with Gasteiger partial charge in [-0.15, -0.1) is 0 Å². The van der Waals surface area contributed by atoms with E-state index in [0.29, 0.717) is 0 Å². The van der Waals surface area contributed by atoms with Gasteiger partial charge in [0.05, 0.1) is 0 Å². The number of hydrogen-bond acceptors (Lipinski definition) is 5. The predicted molar refractivity (Wildman–Crippen MR) is 38.0 cm³/mol. The molecule has 0 rings (SSSR count). The molecule has 0 saturated heterocycles. The molecule has 0 fully saturated rings. The Labute approximate surface area is 55.8 Å². The summed E-state index contributed by atoms with van der Waals surface area (Å²) >= 11 is 0. The molecule has 0 aliphatic heterocycles. The minimum absolute atomic E-state index is 3.23. The summed E-state index contributed by atoms with van der Waals surface area (Å²) in [5.41, 5.74) is 0. The van der Waals surface area contributed by atoms with Crippen molar-refractivity contribution < 1.29 is 3.64 Å². The zero-order valence-electron chi connectivity index (χ0n) is 2.39. The number of rotatable bonds is 0. The molecule has 0 aromatic heterocycles. The van der Waals surface area contributed by atoms with Gasteiger partial charge in [0.1, 0.15) is 0 Å². The molecule has 0 atom stereocenters. The van der Waals surface area contributed by atoms with Crippen molar-refractivity contribution in [2.75, 3.05) is 0 Å². The van der Waals surface area contributed by atoms with Crippen LogP contribution in [0, 0.1) is 0 Å². The van der Waals surface area contributed by atoms with Gasteiger partial charge < -0.3 is 0 Å². The van der Waals surface area contributed by atoms with Crippen LogP contribution in [0.25, 0.3) is 0 Å². The standard InChI is InChI=1S/Fe.5S. The van der Waals surface area contributed by atoms with Crippen LogP contribution in [0.4, 0.5) is 0 Å². The molecule has 0 N–H and O–H groups in total. The molecular weight excluding hydrogens is 216 g/mol. The van der Waals surface area contributed by atoms with Gasteiger partial charge in [-0.05, 0) is 0 Å². The van der Waals surface area contributed by atoms with Crippen LogP contribution >= 0.6 is 52.8 Å². The van der Waals surface area contributed by atoms with Gasteiger partial charge in [0.15, 0.2) is 0 Å². The molecule has 0 nitrogen and oxygen atoms in total. The van der Waals surface area contributed by atoms with Gasteiger partial charge in [-0.1, -0.05) is 0 Å². The zero-order valence-corrected chi connectivity index (χ0v) is 7.58. The Kier molecular flexibility index (Phi) is 1.97. The van der Waals surface area contributed by atoms with Crippen molar-refractivity contribution in [2.24, 2.45) is 0 Å². The van der Waals surface area contributed by atoms with Crippen LogP contribution in [0.5, 0.6) is 0 Å². The molecule has 0 amide bonds. The van der Waals surface area contributed by atoms with E-state index in [1.807, 2.05) is 0 Å². The summed E-state index contributed by atoms with van der Waals surface area (Å²) in [6.07, 6.45) is 0. The first-order valence-corrected chi connectivity index (χ1v) is 8.93. The summed E-state index contributed by atoms with van der Waals surface area (Å²) in [4.78, 5) is 0. The molecule has 0 radical (unpaired) electrons. The first-order valence-electron chi connectivity index (χ1n) is 0.722. The SMILES string of the molecule is [S]=[Fe](=[S])(=[S])(=[S])=[S]. The van der Waals surface area contributed by atoms with Crippen LogP contribution in [0.3, 0.4) is 0 Å². The van der Waals surface area contributed by atoms with Crippen molar-refractivity contribution in [3.05, 3.63) is 0 Å². The molecule has 0 aliphatic carbocycles. The van der Waals surface area contributed by atoms with E-state index in [1.54, 1.807) is 0 Å². The summed E-state index contributed by atoms with van der Waals surface area (Å²) in [5, 5.41) is 0. The Balaban J connectivity index is 7.45. The van der Waals surface area contributed by atoms with Crippen molar-refractivity contribution in [1.82, 2.24) is 0 Å². The zero-order chi connectivity index (χ0) is 5.45. The van der Waals surface area contributed by atoms with Crippen LogP contribution in [-0.2, 0) is 3.64 Å². The Morgan fingerprint density at radius 2 is 0.667 bits per heavy atom. The molecule has 0 aromatic rings. The Bertz CT molecular complexity index is 274. The topological polar surface area (TPSA) is 0 Å². The molecule has 38 valence electrons. The molecule has 0 saturated carbocycles. The van der Waals surface area contributed by atoms with E-state index in [9.17, 15) is 0 Å². The molecule has 0 heterocycles.